The highest BCUT2D eigenvalue weighted by molar-refractivity contribution is 5.85. The lowest BCUT2D eigenvalue weighted by Crippen LogP contribution is -2.44. The minimum atomic E-state index is -0.822. The van der Waals surface area contributed by atoms with Crippen LogP contribution in [0.15, 0.2) is 0 Å². The number of carbonyl (C=O) groups is 2. The molecule has 0 aromatic carbocycles. The Hall–Kier alpha value is -1.10. The van der Waals surface area contributed by atoms with Crippen molar-refractivity contribution in [3.8, 4) is 0 Å². The van der Waals surface area contributed by atoms with E-state index in [-0.39, 0.29) is 17.9 Å². The third kappa shape index (κ3) is 3.47. The summed E-state index contributed by atoms with van der Waals surface area (Å²) in [6.45, 7) is 3.91. The number of carbonyl (C=O) groups excluding carboxylic acids is 1. The molecule has 3 unspecified atom stereocenters. The second-order valence-corrected chi connectivity index (χ2v) is 5.65. The molecule has 2 aliphatic rings. The van der Waals surface area contributed by atoms with E-state index in [1.54, 1.807) is 0 Å². The first-order valence-corrected chi connectivity index (χ1v) is 7.23. The van der Waals surface area contributed by atoms with Crippen LogP contribution in [0.5, 0.6) is 0 Å². The zero-order chi connectivity index (χ0) is 13.8. The minimum Gasteiger partial charge on any atom is -0.481 e. The summed E-state index contributed by atoms with van der Waals surface area (Å²) in [4.78, 5) is 25.7. The lowest BCUT2D eigenvalue weighted by molar-refractivity contribution is -0.152. The van der Waals surface area contributed by atoms with Gasteiger partial charge in [0.2, 0.25) is 5.91 Å². The number of carboxylic acid groups (broad SMARTS) is 1. The Labute approximate surface area is 113 Å². The van der Waals surface area contributed by atoms with Crippen molar-refractivity contribution >= 4 is 11.9 Å². The monoisotopic (exact) mass is 269 g/mol. The zero-order valence-corrected chi connectivity index (χ0v) is 11.5. The lowest BCUT2D eigenvalue weighted by Gasteiger charge is -2.32. The van der Waals surface area contributed by atoms with Gasteiger partial charge in [0.1, 0.15) is 0 Å². The van der Waals surface area contributed by atoms with Crippen LogP contribution in [0.2, 0.25) is 0 Å². The van der Waals surface area contributed by atoms with Crippen LogP contribution >= 0.6 is 0 Å². The van der Waals surface area contributed by atoms with Gasteiger partial charge < -0.3 is 14.7 Å². The van der Waals surface area contributed by atoms with E-state index in [9.17, 15) is 14.7 Å². The van der Waals surface area contributed by atoms with Crippen LogP contribution in [0.1, 0.15) is 39.0 Å². The average molecular weight is 269 g/mol. The number of amides is 1. The molecule has 1 heterocycles. The second-order valence-electron chi connectivity index (χ2n) is 5.65. The molecule has 19 heavy (non-hydrogen) atoms. The fraction of sp³-hybridized carbons (Fsp3) is 0.857. The van der Waals surface area contributed by atoms with Crippen LogP contribution in [0.4, 0.5) is 0 Å². The number of nitrogens with zero attached hydrogens (tertiary/aromatic N) is 1. The van der Waals surface area contributed by atoms with Gasteiger partial charge in [-0.25, -0.2) is 0 Å². The van der Waals surface area contributed by atoms with Gasteiger partial charge in [-0.05, 0) is 26.2 Å². The maximum Gasteiger partial charge on any atom is 0.307 e. The van der Waals surface area contributed by atoms with Crippen LogP contribution in [-0.4, -0.2) is 47.7 Å². The third-order valence-electron chi connectivity index (χ3n) is 4.16. The minimum absolute atomic E-state index is 0.0180. The highest BCUT2D eigenvalue weighted by Crippen LogP contribution is 2.32. The highest BCUT2D eigenvalue weighted by atomic mass is 16.5. The second kappa shape index (κ2) is 6.37. The molecule has 5 nitrogen and oxygen atoms in total. The number of rotatable bonds is 2. The highest BCUT2D eigenvalue weighted by Gasteiger charge is 2.38. The Balaban J connectivity index is 2.05. The summed E-state index contributed by atoms with van der Waals surface area (Å²) in [5.74, 6) is -1.64. The van der Waals surface area contributed by atoms with Gasteiger partial charge in [-0.3, -0.25) is 9.59 Å². The molecule has 2 fully saturated rings. The molecule has 1 aliphatic heterocycles. The maximum atomic E-state index is 12.6. The average Bonchev–Trinajstić information content (AvgIpc) is 2.62. The smallest absolute Gasteiger partial charge is 0.307 e. The quantitative estimate of drug-likeness (QED) is 0.825. The maximum absolute atomic E-state index is 12.6. The van der Waals surface area contributed by atoms with Crippen LogP contribution in [-0.2, 0) is 14.3 Å². The van der Waals surface area contributed by atoms with Crippen molar-refractivity contribution in [2.45, 2.75) is 45.1 Å². The molecule has 5 heteroatoms. The Kier molecular flexibility index (Phi) is 4.80. The van der Waals surface area contributed by atoms with E-state index in [1.165, 1.54) is 0 Å². The largest absolute Gasteiger partial charge is 0.481 e. The molecule has 3 atom stereocenters. The summed E-state index contributed by atoms with van der Waals surface area (Å²) in [7, 11) is 0. The van der Waals surface area contributed by atoms with E-state index < -0.39 is 11.9 Å². The zero-order valence-electron chi connectivity index (χ0n) is 11.5. The summed E-state index contributed by atoms with van der Waals surface area (Å²) < 4.78 is 5.53. The van der Waals surface area contributed by atoms with Crippen molar-refractivity contribution in [3.05, 3.63) is 0 Å². The molecule has 2 rings (SSSR count). The van der Waals surface area contributed by atoms with E-state index >= 15 is 0 Å². The van der Waals surface area contributed by atoms with Crippen molar-refractivity contribution in [1.29, 1.82) is 0 Å². The van der Waals surface area contributed by atoms with Crippen LogP contribution < -0.4 is 0 Å². The number of hydrogen-bond acceptors (Lipinski definition) is 3. The topological polar surface area (TPSA) is 66.8 Å². The molecule has 0 radical (unpaired) electrons. The van der Waals surface area contributed by atoms with E-state index in [4.69, 9.17) is 4.74 Å². The number of aliphatic carboxylic acids is 1. The molecule has 108 valence electrons. The fourth-order valence-corrected chi connectivity index (χ4v) is 3.15. The van der Waals surface area contributed by atoms with Gasteiger partial charge in [0.25, 0.3) is 0 Å². The van der Waals surface area contributed by atoms with E-state index in [2.05, 4.69) is 0 Å². The lowest BCUT2D eigenvalue weighted by atomic mass is 9.78. The van der Waals surface area contributed by atoms with Crippen LogP contribution in [0, 0.1) is 11.8 Å². The van der Waals surface area contributed by atoms with Gasteiger partial charge in [0, 0.05) is 19.7 Å². The number of carboxylic acids is 1. The van der Waals surface area contributed by atoms with E-state index in [1.807, 2.05) is 11.8 Å². The molecule has 1 saturated heterocycles. The van der Waals surface area contributed by atoms with Gasteiger partial charge in [-0.1, -0.05) is 12.8 Å². The van der Waals surface area contributed by atoms with Gasteiger partial charge in [0.05, 0.1) is 17.9 Å². The standard InChI is InChI=1S/C14H23NO4/c1-10-9-15(7-4-8-19-10)13(16)11-5-2-3-6-12(11)14(17)18/h10-12H,2-9H2,1H3,(H,17,18). The van der Waals surface area contributed by atoms with E-state index in [0.29, 0.717) is 32.5 Å². The first-order valence-electron chi connectivity index (χ1n) is 7.23. The Bertz CT molecular complexity index is 344. The van der Waals surface area contributed by atoms with Crippen molar-refractivity contribution in [3.63, 3.8) is 0 Å². The van der Waals surface area contributed by atoms with Crippen molar-refractivity contribution in [2.24, 2.45) is 11.8 Å². The van der Waals surface area contributed by atoms with Crippen molar-refractivity contribution < 1.29 is 19.4 Å². The van der Waals surface area contributed by atoms with Gasteiger partial charge >= 0.3 is 5.97 Å². The number of ether oxygens (including phenoxy) is 1. The molecule has 0 spiro atoms. The predicted octanol–water partition coefficient (Wildman–Crippen LogP) is 1.51. The van der Waals surface area contributed by atoms with E-state index in [0.717, 1.165) is 19.3 Å². The van der Waals surface area contributed by atoms with Gasteiger partial charge in [-0.15, -0.1) is 0 Å². The molecule has 1 amide bonds. The van der Waals surface area contributed by atoms with Gasteiger partial charge in [-0.2, -0.15) is 0 Å². The Morgan fingerprint density at radius 1 is 1.16 bits per heavy atom. The third-order valence-corrected chi connectivity index (χ3v) is 4.16. The molecule has 0 bridgehead atoms. The first-order chi connectivity index (χ1) is 9.09. The molecular weight excluding hydrogens is 246 g/mol. The molecular formula is C14H23NO4. The molecule has 0 aromatic rings. The molecule has 1 saturated carbocycles. The van der Waals surface area contributed by atoms with Crippen molar-refractivity contribution in [2.75, 3.05) is 19.7 Å². The SMILES string of the molecule is CC1CN(C(=O)C2CCCCC2C(=O)O)CCCO1. The predicted molar refractivity (Wildman–Crippen MR) is 69.7 cm³/mol. The summed E-state index contributed by atoms with van der Waals surface area (Å²) in [6, 6.07) is 0. The van der Waals surface area contributed by atoms with Crippen LogP contribution in [0.25, 0.3) is 0 Å². The Morgan fingerprint density at radius 3 is 2.53 bits per heavy atom. The Morgan fingerprint density at radius 2 is 1.84 bits per heavy atom. The summed E-state index contributed by atoms with van der Waals surface area (Å²) in [6.07, 6.45) is 4.09. The van der Waals surface area contributed by atoms with Gasteiger partial charge in [0.15, 0.2) is 0 Å². The van der Waals surface area contributed by atoms with Crippen LogP contribution in [0.3, 0.4) is 0 Å². The molecule has 1 aliphatic carbocycles. The number of hydrogen-bond donors (Lipinski definition) is 1. The summed E-state index contributed by atoms with van der Waals surface area (Å²) >= 11 is 0. The fourth-order valence-electron chi connectivity index (χ4n) is 3.15. The van der Waals surface area contributed by atoms with Crippen molar-refractivity contribution in [1.82, 2.24) is 4.90 Å². The molecule has 1 N–H and O–H groups in total. The summed E-state index contributed by atoms with van der Waals surface area (Å²) in [5, 5.41) is 9.27. The first kappa shape index (κ1) is 14.3. The molecule has 0 aromatic heterocycles. The summed E-state index contributed by atoms with van der Waals surface area (Å²) in [5.41, 5.74) is 0. The normalized spacial score (nSPS) is 32.7.